The molecule has 1 atom stereocenters. The average Bonchev–Trinajstić information content (AvgIpc) is 3.51. The summed E-state index contributed by atoms with van der Waals surface area (Å²) < 4.78 is 13.2. The number of furan rings is 1. The molecular formula is C23H31N5O2. The SMILES string of the molecule is Cc1nc2ccccc2n1CCCNC(=NCC1CCOC1)NCCc1ccco1. The Morgan fingerprint density at radius 1 is 1.20 bits per heavy atom. The number of rotatable bonds is 9. The van der Waals surface area contributed by atoms with Gasteiger partial charge in [0.2, 0.25) is 0 Å². The molecule has 3 heterocycles. The largest absolute Gasteiger partial charge is 0.469 e. The minimum Gasteiger partial charge on any atom is -0.469 e. The summed E-state index contributed by atoms with van der Waals surface area (Å²) in [7, 11) is 0. The fourth-order valence-corrected chi connectivity index (χ4v) is 3.80. The highest BCUT2D eigenvalue weighted by Crippen LogP contribution is 2.15. The third-order valence-corrected chi connectivity index (χ3v) is 5.47. The van der Waals surface area contributed by atoms with E-state index in [1.54, 1.807) is 6.26 Å². The van der Waals surface area contributed by atoms with E-state index in [1.165, 1.54) is 5.52 Å². The molecule has 7 nitrogen and oxygen atoms in total. The van der Waals surface area contributed by atoms with Gasteiger partial charge in [-0.3, -0.25) is 4.99 Å². The van der Waals surface area contributed by atoms with E-state index >= 15 is 0 Å². The highest BCUT2D eigenvalue weighted by molar-refractivity contribution is 5.79. The summed E-state index contributed by atoms with van der Waals surface area (Å²) in [6.07, 6.45) is 4.63. The second-order valence-corrected chi connectivity index (χ2v) is 7.75. The molecule has 160 valence electrons. The topological polar surface area (TPSA) is 76.6 Å². The van der Waals surface area contributed by atoms with Gasteiger partial charge in [0.1, 0.15) is 11.6 Å². The minimum atomic E-state index is 0.522. The van der Waals surface area contributed by atoms with Crippen LogP contribution in [0, 0.1) is 12.8 Å². The Morgan fingerprint density at radius 2 is 2.10 bits per heavy atom. The van der Waals surface area contributed by atoms with Crippen molar-refractivity contribution in [2.24, 2.45) is 10.9 Å². The number of nitrogens with zero attached hydrogens (tertiary/aromatic N) is 3. The van der Waals surface area contributed by atoms with E-state index < -0.39 is 0 Å². The summed E-state index contributed by atoms with van der Waals surface area (Å²) in [6.45, 7) is 7.09. The van der Waals surface area contributed by atoms with Crippen molar-refractivity contribution >= 4 is 17.0 Å². The van der Waals surface area contributed by atoms with Gasteiger partial charge in [-0.25, -0.2) is 4.98 Å². The van der Waals surface area contributed by atoms with Gasteiger partial charge in [0, 0.05) is 45.1 Å². The number of guanidine groups is 1. The van der Waals surface area contributed by atoms with Gasteiger partial charge in [0.25, 0.3) is 0 Å². The Bertz CT molecular complexity index is 942. The van der Waals surface area contributed by atoms with Crippen molar-refractivity contribution in [3.8, 4) is 0 Å². The lowest BCUT2D eigenvalue weighted by Crippen LogP contribution is -2.39. The Kier molecular flexibility index (Phi) is 7.03. The van der Waals surface area contributed by atoms with Crippen LogP contribution < -0.4 is 10.6 Å². The van der Waals surface area contributed by atoms with Crippen molar-refractivity contribution in [2.45, 2.75) is 32.7 Å². The van der Waals surface area contributed by atoms with Crippen molar-refractivity contribution < 1.29 is 9.15 Å². The zero-order chi connectivity index (χ0) is 20.6. The molecule has 30 heavy (non-hydrogen) atoms. The maximum absolute atomic E-state index is 5.47. The van der Waals surface area contributed by atoms with Gasteiger partial charge < -0.3 is 24.4 Å². The molecule has 3 aromatic rings. The molecule has 1 aliphatic rings. The zero-order valence-electron chi connectivity index (χ0n) is 17.6. The summed E-state index contributed by atoms with van der Waals surface area (Å²) >= 11 is 0. The summed E-state index contributed by atoms with van der Waals surface area (Å²) in [5.41, 5.74) is 2.25. The van der Waals surface area contributed by atoms with Crippen LogP contribution in [0.5, 0.6) is 0 Å². The second kappa shape index (κ2) is 10.3. The van der Waals surface area contributed by atoms with Gasteiger partial charge in [-0.1, -0.05) is 12.1 Å². The number of ether oxygens (including phenoxy) is 1. The fourth-order valence-electron chi connectivity index (χ4n) is 3.80. The Morgan fingerprint density at radius 3 is 2.93 bits per heavy atom. The first-order valence-electron chi connectivity index (χ1n) is 10.8. The van der Waals surface area contributed by atoms with Gasteiger partial charge in [-0.15, -0.1) is 0 Å². The van der Waals surface area contributed by atoms with E-state index in [0.29, 0.717) is 5.92 Å². The standard InChI is InChI=1S/C23H31N5O2/c1-18-27-21-7-2-3-8-22(21)28(18)13-5-11-24-23(26-16-19-10-15-29-17-19)25-12-9-20-6-4-14-30-20/h2-4,6-8,14,19H,5,9-13,15-17H2,1H3,(H2,24,25,26). The molecule has 2 N–H and O–H groups in total. The van der Waals surface area contributed by atoms with E-state index in [9.17, 15) is 0 Å². The highest BCUT2D eigenvalue weighted by atomic mass is 16.5. The van der Waals surface area contributed by atoms with E-state index in [4.69, 9.17) is 14.1 Å². The number of nitrogens with one attached hydrogen (secondary N) is 2. The molecule has 2 aromatic heterocycles. The van der Waals surface area contributed by atoms with Crippen molar-refractivity contribution in [1.29, 1.82) is 0 Å². The van der Waals surface area contributed by atoms with Gasteiger partial charge in [0.05, 0.1) is 23.9 Å². The molecule has 0 spiro atoms. The van der Waals surface area contributed by atoms with Crippen LogP contribution >= 0.6 is 0 Å². The summed E-state index contributed by atoms with van der Waals surface area (Å²) in [4.78, 5) is 9.44. The van der Waals surface area contributed by atoms with Crippen LogP contribution in [0.1, 0.15) is 24.4 Å². The Labute approximate surface area is 177 Å². The predicted molar refractivity (Wildman–Crippen MR) is 119 cm³/mol. The lowest BCUT2D eigenvalue weighted by Gasteiger charge is -2.14. The van der Waals surface area contributed by atoms with E-state index in [0.717, 1.165) is 81.7 Å². The van der Waals surface area contributed by atoms with Crippen LogP contribution in [0.4, 0.5) is 0 Å². The number of para-hydroxylation sites is 2. The molecule has 1 unspecified atom stereocenters. The highest BCUT2D eigenvalue weighted by Gasteiger charge is 2.15. The minimum absolute atomic E-state index is 0.522. The number of aryl methyl sites for hydroxylation is 2. The molecule has 0 aliphatic carbocycles. The fraction of sp³-hybridized carbons (Fsp3) is 0.478. The molecule has 4 rings (SSSR count). The van der Waals surface area contributed by atoms with E-state index in [1.807, 2.05) is 18.2 Å². The van der Waals surface area contributed by atoms with Crippen LogP contribution in [-0.4, -0.2) is 48.4 Å². The van der Waals surface area contributed by atoms with Gasteiger partial charge in [-0.2, -0.15) is 0 Å². The quantitative estimate of drug-likeness (QED) is 0.323. The van der Waals surface area contributed by atoms with Crippen LogP contribution in [0.3, 0.4) is 0 Å². The maximum atomic E-state index is 5.47. The summed E-state index contributed by atoms with van der Waals surface area (Å²) in [5.74, 6) is 3.42. The molecule has 1 aromatic carbocycles. The monoisotopic (exact) mass is 409 g/mol. The maximum Gasteiger partial charge on any atom is 0.191 e. The molecule has 1 fully saturated rings. The number of aromatic nitrogens is 2. The average molecular weight is 410 g/mol. The van der Waals surface area contributed by atoms with Gasteiger partial charge in [-0.05, 0) is 44.0 Å². The van der Waals surface area contributed by atoms with Crippen molar-refractivity contribution in [1.82, 2.24) is 20.2 Å². The van der Waals surface area contributed by atoms with Crippen LogP contribution in [-0.2, 0) is 17.7 Å². The molecule has 1 saturated heterocycles. The van der Waals surface area contributed by atoms with Crippen molar-refractivity contribution in [2.75, 3.05) is 32.8 Å². The molecule has 0 amide bonds. The van der Waals surface area contributed by atoms with Crippen LogP contribution in [0.25, 0.3) is 11.0 Å². The van der Waals surface area contributed by atoms with Crippen LogP contribution in [0.15, 0.2) is 52.1 Å². The Hall–Kier alpha value is -2.80. The molecule has 7 heteroatoms. The molecule has 0 saturated carbocycles. The van der Waals surface area contributed by atoms with E-state index in [2.05, 4.69) is 45.3 Å². The summed E-state index contributed by atoms with van der Waals surface area (Å²) in [6, 6.07) is 12.2. The number of hydrogen-bond acceptors (Lipinski definition) is 4. The molecule has 0 bridgehead atoms. The third kappa shape index (κ3) is 5.42. The third-order valence-electron chi connectivity index (χ3n) is 5.47. The van der Waals surface area contributed by atoms with Gasteiger partial charge in [0.15, 0.2) is 5.96 Å². The number of imidazole rings is 1. The first-order valence-corrected chi connectivity index (χ1v) is 10.8. The number of fused-ring (bicyclic) bond motifs is 1. The van der Waals surface area contributed by atoms with Crippen LogP contribution in [0.2, 0.25) is 0 Å². The predicted octanol–water partition coefficient (Wildman–Crippen LogP) is 3.14. The lowest BCUT2D eigenvalue weighted by atomic mass is 10.1. The lowest BCUT2D eigenvalue weighted by molar-refractivity contribution is 0.187. The van der Waals surface area contributed by atoms with Crippen molar-refractivity contribution in [3.05, 3.63) is 54.2 Å². The zero-order valence-corrected chi connectivity index (χ0v) is 17.6. The first kappa shape index (κ1) is 20.5. The smallest absolute Gasteiger partial charge is 0.191 e. The molecule has 1 aliphatic heterocycles. The number of aliphatic imine (C=N–C) groups is 1. The molecular weight excluding hydrogens is 378 g/mol. The summed E-state index contributed by atoms with van der Waals surface area (Å²) in [5, 5.41) is 6.92. The normalized spacial score (nSPS) is 17.0. The Balaban J connectivity index is 1.28. The van der Waals surface area contributed by atoms with Gasteiger partial charge >= 0.3 is 0 Å². The van der Waals surface area contributed by atoms with Crippen molar-refractivity contribution in [3.63, 3.8) is 0 Å². The number of hydrogen-bond donors (Lipinski definition) is 2. The first-order chi connectivity index (χ1) is 14.8. The second-order valence-electron chi connectivity index (χ2n) is 7.75. The molecule has 0 radical (unpaired) electrons. The number of benzene rings is 1. The van der Waals surface area contributed by atoms with E-state index in [-0.39, 0.29) is 0 Å².